The van der Waals surface area contributed by atoms with Gasteiger partial charge in [0.05, 0.1) is 17.7 Å². The Balaban J connectivity index is 2.08. The molecule has 0 saturated heterocycles. The molecule has 39 heavy (non-hydrogen) atoms. The lowest BCUT2D eigenvalue weighted by molar-refractivity contribution is -0.140. The summed E-state index contributed by atoms with van der Waals surface area (Å²) >= 11 is 18.6. The first-order valence-corrected chi connectivity index (χ1v) is 14.5. The minimum absolute atomic E-state index is 0.0489. The molecule has 0 aliphatic heterocycles. The fourth-order valence-electron chi connectivity index (χ4n) is 3.95. The van der Waals surface area contributed by atoms with Crippen molar-refractivity contribution in [2.75, 3.05) is 25.0 Å². The molecule has 1 N–H and O–H groups in total. The van der Waals surface area contributed by atoms with E-state index in [0.29, 0.717) is 21.4 Å². The van der Waals surface area contributed by atoms with Crippen molar-refractivity contribution < 1.29 is 22.7 Å². The Morgan fingerprint density at radius 3 is 2.21 bits per heavy atom. The lowest BCUT2D eigenvalue weighted by Gasteiger charge is -2.33. The molecule has 3 rings (SSSR count). The molecule has 0 aromatic heterocycles. The third-order valence-electron chi connectivity index (χ3n) is 6.01. The number of carbonyl (C=O) groups is 2. The van der Waals surface area contributed by atoms with Gasteiger partial charge in [0.2, 0.25) is 11.8 Å². The van der Waals surface area contributed by atoms with Crippen LogP contribution in [0.15, 0.2) is 71.6 Å². The Hall–Kier alpha value is -2.98. The van der Waals surface area contributed by atoms with E-state index in [-0.39, 0.29) is 28.6 Å². The SMILES string of the molecule is CC[C@@H](C(=O)NC)N(Cc1ccc(Cl)cc1Cl)C(=O)CN(c1cccc(Cl)c1)S(=O)(=O)c1ccc(OC)cc1. The number of ether oxygens (including phenoxy) is 1. The summed E-state index contributed by atoms with van der Waals surface area (Å²) in [5, 5.41) is 3.58. The van der Waals surface area contributed by atoms with Gasteiger partial charge in [0, 0.05) is 28.7 Å². The van der Waals surface area contributed by atoms with Gasteiger partial charge in [0.15, 0.2) is 0 Å². The number of nitrogens with zero attached hydrogens (tertiary/aromatic N) is 2. The number of hydrogen-bond donors (Lipinski definition) is 1. The molecular weight excluding hydrogens is 585 g/mol. The van der Waals surface area contributed by atoms with Gasteiger partial charge in [-0.2, -0.15) is 0 Å². The number of sulfonamides is 1. The van der Waals surface area contributed by atoms with Crippen LogP contribution in [0.3, 0.4) is 0 Å². The van der Waals surface area contributed by atoms with Crippen LogP contribution in [0, 0.1) is 0 Å². The van der Waals surface area contributed by atoms with Crippen LogP contribution in [0.1, 0.15) is 18.9 Å². The first-order valence-electron chi connectivity index (χ1n) is 11.9. The number of amides is 2. The number of nitrogens with one attached hydrogen (secondary N) is 1. The smallest absolute Gasteiger partial charge is 0.264 e. The second-order valence-corrected chi connectivity index (χ2v) is 11.6. The van der Waals surface area contributed by atoms with E-state index < -0.39 is 34.4 Å². The molecule has 0 bridgehead atoms. The Kier molecular flexibility index (Phi) is 10.5. The molecule has 2 amide bonds. The van der Waals surface area contributed by atoms with Crippen molar-refractivity contribution in [3.8, 4) is 5.75 Å². The van der Waals surface area contributed by atoms with Crippen molar-refractivity contribution >= 4 is 62.3 Å². The van der Waals surface area contributed by atoms with Gasteiger partial charge < -0.3 is 15.0 Å². The lowest BCUT2D eigenvalue weighted by Crippen LogP contribution is -2.51. The highest BCUT2D eigenvalue weighted by molar-refractivity contribution is 7.92. The van der Waals surface area contributed by atoms with E-state index in [1.807, 2.05) is 0 Å². The minimum atomic E-state index is -4.24. The molecule has 12 heteroatoms. The fraction of sp³-hybridized carbons (Fsp3) is 0.259. The third kappa shape index (κ3) is 7.36. The molecule has 208 valence electrons. The number of rotatable bonds is 11. The largest absolute Gasteiger partial charge is 0.497 e. The van der Waals surface area contributed by atoms with E-state index in [2.05, 4.69) is 5.32 Å². The molecular formula is C27H28Cl3N3O5S. The van der Waals surface area contributed by atoms with E-state index >= 15 is 0 Å². The van der Waals surface area contributed by atoms with Crippen molar-refractivity contribution in [3.63, 3.8) is 0 Å². The van der Waals surface area contributed by atoms with Crippen LogP contribution in [0.5, 0.6) is 5.75 Å². The maximum Gasteiger partial charge on any atom is 0.264 e. The second-order valence-electron chi connectivity index (χ2n) is 8.46. The van der Waals surface area contributed by atoms with Gasteiger partial charge in [-0.1, -0.05) is 53.9 Å². The molecule has 8 nitrogen and oxygen atoms in total. The van der Waals surface area contributed by atoms with Crippen molar-refractivity contribution in [1.82, 2.24) is 10.2 Å². The quantitative estimate of drug-likeness (QED) is 0.313. The Labute approximate surface area is 243 Å². The van der Waals surface area contributed by atoms with E-state index in [9.17, 15) is 18.0 Å². The highest BCUT2D eigenvalue weighted by atomic mass is 35.5. The molecule has 0 heterocycles. The van der Waals surface area contributed by atoms with E-state index in [0.717, 1.165) is 4.31 Å². The van der Waals surface area contributed by atoms with Crippen LogP contribution >= 0.6 is 34.8 Å². The predicted molar refractivity (Wildman–Crippen MR) is 154 cm³/mol. The van der Waals surface area contributed by atoms with Crippen LogP contribution in [-0.4, -0.2) is 51.9 Å². The highest BCUT2D eigenvalue weighted by Crippen LogP contribution is 2.29. The van der Waals surface area contributed by atoms with Gasteiger partial charge in [-0.15, -0.1) is 0 Å². The zero-order valence-corrected chi connectivity index (χ0v) is 24.6. The normalized spacial score (nSPS) is 11.9. The summed E-state index contributed by atoms with van der Waals surface area (Å²) in [7, 11) is -1.30. The fourth-order valence-corrected chi connectivity index (χ4v) is 6.01. The number of likely N-dealkylation sites (N-methyl/N-ethyl adjacent to an activating group) is 1. The molecule has 1 atom stereocenters. The minimum Gasteiger partial charge on any atom is -0.497 e. The molecule has 3 aromatic carbocycles. The summed E-state index contributed by atoms with van der Waals surface area (Å²) in [5.74, 6) is -0.543. The molecule has 0 unspecified atom stereocenters. The van der Waals surface area contributed by atoms with Crippen molar-refractivity contribution in [2.45, 2.75) is 30.8 Å². The Morgan fingerprint density at radius 1 is 0.974 bits per heavy atom. The topological polar surface area (TPSA) is 96.0 Å². The molecule has 0 aliphatic carbocycles. The third-order valence-corrected chi connectivity index (χ3v) is 8.62. The first-order chi connectivity index (χ1) is 18.5. The number of benzene rings is 3. The van der Waals surface area contributed by atoms with Crippen LogP contribution in [0.25, 0.3) is 0 Å². The summed E-state index contributed by atoms with van der Waals surface area (Å²) < 4.78 is 33.8. The van der Waals surface area contributed by atoms with Gasteiger partial charge in [0.1, 0.15) is 18.3 Å². The van der Waals surface area contributed by atoms with Crippen LogP contribution in [0.2, 0.25) is 15.1 Å². The van der Waals surface area contributed by atoms with Gasteiger partial charge in [-0.05, 0) is 66.6 Å². The Bertz CT molecular complexity index is 1430. The number of hydrogen-bond acceptors (Lipinski definition) is 5. The number of halogens is 3. The van der Waals surface area contributed by atoms with Crippen molar-refractivity contribution in [2.24, 2.45) is 0 Å². The molecule has 0 fully saturated rings. The number of methoxy groups -OCH3 is 1. The lowest BCUT2D eigenvalue weighted by atomic mass is 10.1. The predicted octanol–water partition coefficient (Wildman–Crippen LogP) is 5.40. The standard InChI is InChI=1S/C27H28Cl3N3O5S/c1-4-25(27(35)31-2)32(16-18-8-9-20(29)15-24(18)30)26(34)17-33(21-7-5-6-19(28)14-21)39(36,37)23-12-10-22(38-3)11-13-23/h5-15,25H,4,16-17H2,1-3H3,(H,31,35)/t25-/m0/s1. The Morgan fingerprint density at radius 2 is 1.64 bits per heavy atom. The van der Waals surface area contributed by atoms with Gasteiger partial charge in [-0.25, -0.2) is 8.42 Å². The summed E-state index contributed by atoms with van der Waals surface area (Å²) in [6.45, 7) is 1.10. The second kappa shape index (κ2) is 13.4. The zero-order valence-electron chi connectivity index (χ0n) is 21.5. The van der Waals surface area contributed by atoms with E-state index in [1.165, 1.54) is 61.5 Å². The average Bonchev–Trinajstić information content (AvgIpc) is 2.92. The molecule has 0 radical (unpaired) electrons. The summed E-state index contributed by atoms with van der Waals surface area (Å²) in [5.41, 5.74) is 0.730. The monoisotopic (exact) mass is 611 g/mol. The maximum atomic E-state index is 13.9. The maximum absolute atomic E-state index is 13.9. The molecule has 0 spiro atoms. The molecule has 3 aromatic rings. The molecule has 0 saturated carbocycles. The van der Waals surface area contributed by atoms with E-state index in [1.54, 1.807) is 31.2 Å². The molecule has 0 aliphatic rings. The summed E-state index contributed by atoms with van der Waals surface area (Å²) in [6.07, 6.45) is 0.277. The summed E-state index contributed by atoms with van der Waals surface area (Å²) in [6, 6.07) is 15.9. The zero-order chi connectivity index (χ0) is 28.7. The first kappa shape index (κ1) is 30.6. The summed E-state index contributed by atoms with van der Waals surface area (Å²) in [4.78, 5) is 27.9. The number of carbonyl (C=O) groups excluding carboxylic acids is 2. The number of anilines is 1. The van der Waals surface area contributed by atoms with Crippen LogP contribution < -0.4 is 14.4 Å². The van der Waals surface area contributed by atoms with Gasteiger partial charge >= 0.3 is 0 Å². The van der Waals surface area contributed by atoms with Crippen molar-refractivity contribution in [1.29, 1.82) is 0 Å². The average molecular weight is 613 g/mol. The van der Waals surface area contributed by atoms with Gasteiger partial charge in [0.25, 0.3) is 10.0 Å². The van der Waals surface area contributed by atoms with Crippen molar-refractivity contribution in [3.05, 3.63) is 87.4 Å². The highest BCUT2D eigenvalue weighted by Gasteiger charge is 2.33. The van der Waals surface area contributed by atoms with E-state index in [4.69, 9.17) is 39.5 Å². The van der Waals surface area contributed by atoms with Crippen LogP contribution in [0.4, 0.5) is 5.69 Å². The van der Waals surface area contributed by atoms with Gasteiger partial charge in [-0.3, -0.25) is 13.9 Å². The van der Waals surface area contributed by atoms with Crippen LogP contribution in [-0.2, 0) is 26.2 Å².